The number of aryl methyl sites for hydroxylation is 1. The number of ether oxygens (including phenoxy) is 1. The van der Waals surface area contributed by atoms with Crippen molar-refractivity contribution in [1.82, 2.24) is 5.32 Å². The summed E-state index contributed by atoms with van der Waals surface area (Å²) < 4.78 is 21.8. The lowest BCUT2D eigenvalue weighted by Crippen LogP contribution is -2.39. The number of carboxylic acid groups (broad SMARTS) is 1. The van der Waals surface area contributed by atoms with Gasteiger partial charge < -0.3 is 20.1 Å². The fourth-order valence-electron chi connectivity index (χ4n) is 5.09. The van der Waals surface area contributed by atoms with E-state index >= 15 is 4.39 Å². The highest BCUT2D eigenvalue weighted by atomic mass is 19.1. The number of hydrogen-bond donors (Lipinski definition) is 2. The van der Waals surface area contributed by atoms with Gasteiger partial charge in [-0.25, -0.2) is 4.39 Å². The molecule has 0 radical (unpaired) electrons. The maximum atomic E-state index is 15.5. The molecule has 1 unspecified atom stereocenters. The van der Waals surface area contributed by atoms with E-state index in [0.717, 1.165) is 24.4 Å². The molecule has 5 rings (SSSR count). The Balaban J connectivity index is 1.31. The number of rotatable bonds is 9. The summed E-state index contributed by atoms with van der Waals surface area (Å²) in [6.07, 6.45) is 0.661. The average molecular weight is 499 g/mol. The van der Waals surface area contributed by atoms with Crippen LogP contribution in [0.5, 0.6) is 5.75 Å². The van der Waals surface area contributed by atoms with Crippen LogP contribution in [0.2, 0.25) is 0 Å². The van der Waals surface area contributed by atoms with Gasteiger partial charge in [0.2, 0.25) is 0 Å². The smallest absolute Gasteiger partial charge is 0.303 e. The Morgan fingerprint density at radius 3 is 2.62 bits per heavy atom. The summed E-state index contributed by atoms with van der Waals surface area (Å²) in [7, 11) is 0. The quantitative estimate of drug-likeness (QED) is 0.271. The van der Waals surface area contributed by atoms with Gasteiger partial charge in [0.25, 0.3) is 0 Å². The van der Waals surface area contributed by atoms with Crippen LogP contribution in [0, 0.1) is 5.82 Å². The Hall–Kier alpha value is -3.90. The van der Waals surface area contributed by atoms with E-state index in [9.17, 15) is 4.79 Å². The zero-order chi connectivity index (χ0) is 25.8. The molecule has 0 bridgehead atoms. The first kappa shape index (κ1) is 24.8. The second-order valence-electron chi connectivity index (χ2n) is 9.50. The Kier molecular flexibility index (Phi) is 7.37. The van der Waals surface area contributed by atoms with E-state index in [-0.39, 0.29) is 30.8 Å². The lowest BCUT2D eigenvalue weighted by Gasteiger charge is -2.37. The van der Waals surface area contributed by atoms with E-state index in [4.69, 9.17) is 9.84 Å². The molecule has 0 aliphatic carbocycles. The summed E-state index contributed by atoms with van der Waals surface area (Å²) in [5.41, 5.74) is 2.92. The predicted molar refractivity (Wildman–Crippen MR) is 145 cm³/mol. The number of benzene rings is 4. The number of carbonyl (C=O) groups is 1. The van der Waals surface area contributed by atoms with E-state index < -0.39 is 5.97 Å². The molecule has 0 spiro atoms. The van der Waals surface area contributed by atoms with Crippen molar-refractivity contribution in [2.24, 2.45) is 0 Å². The second-order valence-corrected chi connectivity index (χ2v) is 9.50. The first-order valence-corrected chi connectivity index (χ1v) is 12.7. The van der Waals surface area contributed by atoms with Crippen LogP contribution in [-0.4, -0.2) is 30.3 Å². The van der Waals surface area contributed by atoms with Crippen LogP contribution < -0.4 is 15.0 Å². The number of fused-ring (bicyclic) bond motifs is 2. The Bertz CT molecular complexity index is 1400. The largest absolute Gasteiger partial charge is 0.486 e. The zero-order valence-electron chi connectivity index (χ0n) is 20.9. The summed E-state index contributed by atoms with van der Waals surface area (Å²) in [6.45, 7) is 3.41. The standard InChI is InChI=1S/C31H31FN2O3/c1-21(25-12-6-9-22-8-2-3-11-26(22)25)33-19-18-24-20-34(27-13-4-5-15-29(27)37-24)28-14-7-10-23(31(28)32)16-17-30(35)36/h2-15,21,24,33H,16-20H2,1H3,(H,35,36)/t21-,24?/m1/s1. The molecule has 2 N–H and O–H groups in total. The molecule has 190 valence electrons. The molecule has 0 saturated heterocycles. The first-order valence-electron chi connectivity index (χ1n) is 12.7. The lowest BCUT2D eigenvalue weighted by molar-refractivity contribution is -0.136. The monoisotopic (exact) mass is 498 g/mol. The molecule has 1 aliphatic rings. The van der Waals surface area contributed by atoms with Crippen molar-refractivity contribution in [2.75, 3.05) is 18.0 Å². The highest BCUT2D eigenvalue weighted by Crippen LogP contribution is 2.40. The van der Waals surface area contributed by atoms with Gasteiger partial charge in [0.15, 0.2) is 0 Å². The molecule has 0 fully saturated rings. The SMILES string of the molecule is C[C@@H](NCCC1CN(c2cccc(CCC(=O)O)c2F)c2ccccc2O1)c1cccc2ccccc12. The summed E-state index contributed by atoms with van der Waals surface area (Å²) in [5, 5.41) is 15.1. The Labute approximate surface area is 216 Å². The number of nitrogens with one attached hydrogen (secondary N) is 1. The van der Waals surface area contributed by atoms with Gasteiger partial charge in [-0.05, 0) is 66.4 Å². The molecule has 0 amide bonds. The zero-order valence-corrected chi connectivity index (χ0v) is 20.9. The predicted octanol–water partition coefficient (Wildman–Crippen LogP) is 6.64. The van der Waals surface area contributed by atoms with Gasteiger partial charge in [-0.15, -0.1) is 0 Å². The minimum atomic E-state index is -0.938. The molecule has 4 aromatic rings. The summed E-state index contributed by atoms with van der Waals surface area (Å²) in [4.78, 5) is 13.0. The molecular weight excluding hydrogens is 467 g/mol. The van der Waals surface area contributed by atoms with Crippen molar-refractivity contribution in [3.05, 3.63) is 102 Å². The number of aliphatic carboxylic acids is 1. The maximum absolute atomic E-state index is 15.5. The number of halogens is 1. The first-order chi connectivity index (χ1) is 18.0. The molecule has 0 saturated carbocycles. The van der Waals surface area contributed by atoms with Gasteiger partial charge in [0.1, 0.15) is 17.7 Å². The Morgan fingerprint density at radius 2 is 1.76 bits per heavy atom. The molecule has 6 heteroatoms. The van der Waals surface area contributed by atoms with Crippen LogP contribution in [0.4, 0.5) is 15.8 Å². The minimum Gasteiger partial charge on any atom is -0.486 e. The molecule has 2 atom stereocenters. The van der Waals surface area contributed by atoms with Crippen LogP contribution in [0.15, 0.2) is 84.9 Å². The maximum Gasteiger partial charge on any atom is 0.303 e. The molecule has 4 aromatic carbocycles. The van der Waals surface area contributed by atoms with Crippen molar-refractivity contribution in [2.45, 2.75) is 38.3 Å². The molecular formula is C31H31FN2O3. The van der Waals surface area contributed by atoms with Crippen molar-refractivity contribution in [1.29, 1.82) is 0 Å². The van der Waals surface area contributed by atoms with E-state index in [1.54, 1.807) is 18.2 Å². The summed E-state index contributed by atoms with van der Waals surface area (Å²) >= 11 is 0. The van der Waals surface area contributed by atoms with Gasteiger partial charge in [-0.1, -0.05) is 66.7 Å². The van der Waals surface area contributed by atoms with E-state index in [1.807, 2.05) is 29.2 Å². The Morgan fingerprint density at radius 1 is 1.03 bits per heavy atom. The van der Waals surface area contributed by atoms with E-state index in [2.05, 4.69) is 54.7 Å². The topological polar surface area (TPSA) is 61.8 Å². The van der Waals surface area contributed by atoms with Crippen molar-refractivity contribution in [3.63, 3.8) is 0 Å². The summed E-state index contributed by atoms with van der Waals surface area (Å²) in [6, 6.07) is 27.8. The number of anilines is 2. The number of hydrogen-bond acceptors (Lipinski definition) is 4. The lowest BCUT2D eigenvalue weighted by atomic mass is 9.99. The second kappa shape index (κ2) is 11.0. The third-order valence-corrected chi connectivity index (χ3v) is 7.00. The average Bonchev–Trinajstić information content (AvgIpc) is 2.91. The van der Waals surface area contributed by atoms with Crippen molar-refractivity contribution >= 4 is 28.1 Å². The number of para-hydroxylation sites is 2. The highest BCUT2D eigenvalue weighted by molar-refractivity contribution is 5.86. The molecule has 0 aromatic heterocycles. The number of nitrogens with zero attached hydrogens (tertiary/aromatic N) is 1. The van der Waals surface area contributed by atoms with Crippen LogP contribution in [0.1, 0.15) is 36.9 Å². The third-order valence-electron chi connectivity index (χ3n) is 7.00. The van der Waals surface area contributed by atoms with Gasteiger partial charge >= 0.3 is 5.97 Å². The van der Waals surface area contributed by atoms with Crippen LogP contribution in [0.3, 0.4) is 0 Å². The fraction of sp³-hybridized carbons (Fsp3) is 0.258. The summed E-state index contributed by atoms with van der Waals surface area (Å²) in [5.74, 6) is -0.593. The van der Waals surface area contributed by atoms with Crippen LogP contribution >= 0.6 is 0 Å². The highest BCUT2D eigenvalue weighted by Gasteiger charge is 2.28. The molecule has 5 nitrogen and oxygen atoms in total. The third kappa shape index (κ3) is 5.44. The minimum absolute atomic E-state index is 0.108. The molecule has 1 aliphatic heterocycles. The van der Waals surface area contributed by atoms with E-state index in [0.29, 0.717) is 17.8 Å². The normalized spacial score (nSPS) is 15.7. The van der Waals surface area contributed by atoms with Gasteiger partial charge in [-0.2, -0.15) is 0 Å². The van der Waals surface area contributed by atoms with Gasteiger partial charge in [0.05, 0.1) is 17.9 Å². The van der Waals surface area contributed by atoms with Gasteiger partial charge in [-0.3, -0.25) is 4.79 Å². The van der Waals surface area contributed by atoms with Crippen molar-refractivity contribution < 1.29 is 19.0 Å². The molecule has 1 heterocycles. The van der Waals surface area contributed by atoms with E-state index in [1.165, 1.54) is 16.3 Å². The molecule has 37 heavy (non-hydrogen) atoms. The van der Waals surface area contributed by atoms with Gasteiger partial charge in [0, 0.05) is 12.5 Å². The number of carboxylic acids is 1. The van der Waals surface area contributed by atoms with Crippen LogP contribution in [-0.2, 0) is 11.2 Å². The van der Waals surface area contributed by atoms with Crippen LogP contribution in [0.25, 0.3) is 10.8 Å². The fourth-order valence-corrected chi connectivity index (χ4v) is 5.09. The van der Waals surface area contributed by atoms with Crippen molar-refractivity contribution in [3.8, 4) is 5.75 Å².